The third-order valence-electron chi connectivity index (χ3n) is 4.76. The summed E-state index contributed by atoms with van der Waals surface area (Å²) in [5.41, 5.74) is 5.34. The normalized spacial score (nSPS) is 24.2. The lowest BCUT2D eigenvalue weighted by Gasteiger charge is -2.47. The van der Waals surface area contributed by atoms with Gasteiger partial charge >= 0.3 is 17.9 Å². The summed E-state index contributed by atoms with van der Waals surface area (Å²) in [5, 5.41) is 0. The maximum atomic E-state index is 12.2. The number of ether oxygens (including phenoxy) is 7. The molecule has 3 unspecified atom stereocenters. The molecular formula is C21H36N2O11. The van der Waals surface area contributed by atoms with Gasteiger partial charge in [-0.05, 0) is 0 Å². The van der Waals surface area contributed by atoms with Gasteiger partial charge in [-0.15, -0.1) is 0 Å². The predicted molar refractivity (Wildman–Crippen MR) is 115 cm³/mol. The standard InChI is InChI=1S/C21H36N2O11/c1-13(24)23(5)18-20(33-16(4)27)19(32-15(3)26)17(12-31-14(2)25)34-21(18)30-11-10-29-9-8-28-7-6-22/h17-21H,6-12,22H2,1-5H3/t17?,18?,19-,20?,21+/m0/s1. The zero-order chi connectivity index (χ0) is 25.7. The fourth-order valence-electron chi connectivity index (χ4n) is 3.27. The van der Waals surface area contributed by atoms with Crippen molar-refractivity contribution in [1.82, 2.24) is 4.90 Å². The third-order valence-corrected chi connectivity index (χ3v) is 4.76. The first-order valence-corrected chi connectivity index (χ1v) is 10.9. The van der Waals surface area contributed by atoms with Crippen molar-refractivity contribution in [3.63, 3.8) is 0 Å². The number of hydrogen-bond acceptors (Lipinski definition) is 12. The number of hydrogen-bond donors (Lipinski definition) is 1. The molecule has 13 heteroatoms. The van der Waals surface area contributed by atoms with Gasteiger partial charge in [-0.3, -0.25) is 19.2 Å². The van der Waals surface area contributed by atoms with Gasteiger partial charge in [0.25, 0.3) is 0 Å². The zero-order valence-corrected chi connectivity index (χ0v) is 20.4. The highest BCUT2D eigenvalue weighted by Crippen LogP contribution is 2.30. The van der Waals surface area contributed by atoms with Crippen molar-refractivity contribution in [2.45, 2.75) is 58.3 Å². The molecule has 5 atom stereocenters. The summed E-state index contributed by atoms with van der Waals surface area (Å²) in [6, 6.07) is -0.966. The Labute approximate surface area is 199 Å². The fraction of sp³-hybridized carbons (Fsp3) is 0.810. The van der Waals surface area contributed by atoms with Crippen LogP contribution in [0.2, 0.25) is 0 Å². The molecule has 0 bridgehead atoms. The highest BCUT2D eigenvalue weighted by Gasteiger charge is 2.52. The molecule has 1 rings (SSSR count). The van der Waals surface area contributed by atoms with Crippen LogP contribution in [0, 0.1) is 0 Å². The van der Waals surface area contributed by atoms with E-state index in [2.05, 4.69) is 0 Å². The Kier molecular flexibility index (Phi) is 13.6. The van der Waals surface area contributed by atoms with Gasteiger partial charge in [0, 0.05) is 41.3 Å². The Morgan fingerprint density at radius 1 is 0.824 bits per heavy atom. The Hall–Kier alpha value is -2.32. The summed E-state index contributed by atoms with van der Waals surface area (Å²) in [5.74, 6) is -2.29. The van der Waals surface area contributed by atoms with Crippen LogP contribution in [0.5, 0.6) is 0 Å². The van der Waals surface area contributed by atoms with Crippen LogP contribution in [0.3, 0.4) is 0 Å². The highest BCUT2D eigenvalue weighted by molar-refractivity contribution is 5.73. The van der Waals surface area contributed by atoms with E-state index in [4.69, 9.17) is 38.9 Å². The number of esters is 3. The number of nitrogens with zero attached hydrogens (tertiary/aromatic N) is 1. The first-order chi connectivity index (χ1) is 16.1. The Morgan fingerprint density at radius 3 is 1.91 bits per heavy atom. The zero-order valence-electron chi connectivity index (χ0n) is 20.4. The van der Waals surface area contributed by atoms with E-state index in [1.165, 1.54) is 39.6 Å². The van der Waals surface area contributed by atoms with E-state index < -0.39 is 48.6 Å². The van der Waals surface area contributed by atoms with E-state index in [1.807, 2.05) is 0 Å². The van der Waals surface area contributed by atoms with Gasteiger partial charge in [-0.1, -0.05) is 0 Å². The number of carbonyl (C=O) groups excluding carboxylic acids is 4. The second-order valence-corrected chi connectivity index (χ2v) is 7.50. The second kappa shape index (κ2) is 15.6. The first kappa shape index (κ1) is 29.7. The van der Waals surface area contributed by atoms with Crippen LogP contribution < -0.4 is 5.73 Å². The number of amides is 1. The Morgan fingerprint density at radius 2 is 1.38 bits per heavy atom. The molecule has 0 aliphatic carbocycles. The molecule has 0 spiro atoms. The summed E-state index contributed by atoms with van der Waals surface area (Å²) < 4.78 is 38.3. The molecule has 0 aromatic heterocycles. The summed E-state index contributed by atoms with van der Waals surface area (Å²) in [7, 11) is 1.48. The van der Waals surface area contributed by atoms with Crippen LogP contribution >= 0.6 is 0 Å². The van der Waals surface area contributed by atoms with E-state index >= 15 is 0 Å². The molecule has 13 nitrogen and oxygen atoms in total. The van der Waals surface area contributed by atoms with E-state index in [0.29, 0.717) is 26.4 Å². The van der Waals surface area contributed by atoms with Crippen molar-refractivity contribution < 1.29 is 52.3 Å². The lowest BCUT2D eigenvalue weighted by molar-refractivity contribution is -0.291. The van der Waals surface area contributed by atoms with Crippen LogP contribution in [0.15, 0.2) is 0 Å². The fourth-order valence-corrected chi connectivity index (χ4v) is 3.27. The number of nitrogens with two attached hydrogens (primary N) is 1. The molecule has 0 saturated carbocycles. The minimum atomic E-state index is -1.16. The summed E-state index contributed by atoms with van der Waals surface area (Å²) in [4.78, 5) is 48.5. The largest absolute Gasteiger partial charge is 0.463 e. The molecule has 1 aliphatic heterocycles. The van der Waals surface area contributed by atoms with Gasteiger partial charge in [0.05, 0.1) is 33.0 Å². The maximum absolute atomic E-state index is 12.2. The lowest BCUT2D eigenvalue weighted by Crippen LogP contribution is -2.66. The molecular weight excluding hydrogens is 456 g/mol. The third kappa shape index (κ3) is 10.3. The molecule has 1 aliphatic rings. The second-order valence-electron chi connectivity index (χ2n) is 7.50. The van der Waals surface area contributed by atoms with Crippen molar-refractivity contribution in [3.8, 4) is 0 Å². The average molecular weight is 493 g/mol. The maximum Gasteiger partial charge on any atom is 0.303 e. The molecule has 196 valence electrons. The number of likely N-dealkylation sites (N-methyl/N-ethyl adjacent to an activating group) is 1. The molecule has 1 saturated heterocycles. The summed E-state index contributed by atoms with van der Waals surface area (Å²) in [6.45, 7) is 6.38. The topological polar surface area (TPSA) is 162 Å². The number of rotatable bonds is 14. The molecule has 1 fully saturated rings. The van der Waals surface area contributed by atoms with Gasteiger partial charge in [-0.2, -0.15) is 0 Å². The van der Waals surface area contributed by atoms with Crippen LogP contribution in [-0.2, 0) is 52.3 Å². The van der Waals surface area contributed by atoms with Gasteiger partial charge in [0.2, 0.25) is 5.91 Å². The lowest BCUT2D eigenvalue weighted by atomic mass is 9.95. The van der Waals surface area contributed by atoms with Crippen molar-refractivity contribution in [1.29, 1.82) is 0 Å². The molecule has 0 aromatic rings. The highest BCUT2D eigenvalue weighted by atomic mass is 16.7. The minimum Gasteiger partial charge on any atom is -0.463 e. The van der Waals surface area contributed by atoms with Gasteiger partial charge in [0.15, 0.2) is 18.5 Å². The number of carbonyl (C=O) groups is 4. The summed E-state index contributed by atoms with van der Waals surface area (Å²) >= 11 is 0. The Balaban J connectivity index is 3.05. The van der Waals surface area contributed by atoms with Crippen LogP contribution in [0.4, 0.5) is 0 Å². The molecule has 2 N–H and O–H groups in total. The summed E-state index contributed by atoms with van der Waals surface area (Å²) in [6.07, 6.45) is -4.45. The molecule has 1 amide bonds. The SMILES string of the molecule is CC(=O)OCC1O[C@@H](OCCOCCOCCN)C(N(C)C(C)=O)C(OC(C)=O)[C@H]1OC(C)=O. The van der Waals surface area contributed by atoms with Crippen molar-refractivity contribution >= 4 is 23.8 Å². The van der Waals surface area contributed by atoms with Crippen LogP contribution in [0.25, 0.3) is 0 Å². The van der Waals surface area contributed by atoms with E-state index in [-0.39, 0.29) is 25.7 Å². The minimum absolute atomic E-state index is 0.0646. The smallest absolute Gasteiger partial charge is 0.303 e. The predicted octanol–water partition coefficient (Wildman–Crippen LogP) is -1.01. The molecule has 0 aromatic carbocycles. The van der Waals surface area contributed by atoms with E-state index in [9.17, 15) is 19.2 Å². The van der Waals surface area contributed by atoms with Crippen LogP contribution in [0.1, 0.15) is 27.7 Å². The van der Waals surface area contributed by atoms with E-state index in [0.717, 1.165) is 0 Å². The van der Waals surface area contributed by atoms with Crippen molar-refractivity contribution in [2.24, 2.45) is 5.73 Å². The first-order valence-electron chi connectivity index (χ1n) is 10.9. The van der Waals surface area contributed by atoms with Gasteiger partial charge in [-0.25, -0.2) is 0 Å². The van der Waals surface area contributed by atoms with Gasteiger partial charge < -0.3 is 43.8 Å². The van der Waals surface area contributed by atoms with Gasteiger partial charge in [0.1, 0.15) is 18.8 Å². The average Bonchev–Trinajstić information content (AvgIpc) is 2.74. The Bertz CT molecular complexity index is 675. The van der Waals surface area contributed by atoms with Crippen molar-refractivity contribution in [3.05, 3.63) is 0 Å². The molecule has 34 heavy (non-hydrogen) atoms. The van der Waals surface area contributed by atoms with Crippen molar-refractivity contribution in [2.75, 3.05) is 53.2 Å². The quantitative estimate of drug-likeness (QED) is 0.179. The molecule has 0 radical (unpaired) electrons. The molecule has 1 heterocycles. The van der Waals surface area contributed by atoms with Crippen LogP contribution in [-0.4, -0.2) is 113 Å². The van der Waals surface area contributed by atoms with E-state index in [1.54, 1.807) is 0 Å². The monoisotopic (exact) mass is 492 g/mol.